The van der Waals surface area contributed by atoms with Crippen molar-refractivity contribution in [3.8, 4) is 11.8 Å². The van der Waals surface area contributed by atoms with E-state index in [9.17, 15) is 0 Å². The second-order valence-corrected chi connectivity index (χ2v) is 2.94. The molecule has 1 aromatic carbocycles. The molecule has 1 radical (unpaired) electrons. The van der Waals surface area contributed by atoms with Gasteiger partial charge in [0.2, 0.25) is 0 Å². The predicted octanol–water partition coefficient (Wildman–Crippen LogP) is 0.924. The summed E-state index contributed by atoms with van der Waals surface area (Å²) in [7, 11) is 0. The number of ether oxygens (including phenoxy) is 1. The Balaban J connectivity index is 2.14. The average molecular weight is 173 g/mol. The molecule has 2 rings (SSSR count). The van der Waals surface area contributed by atoms with Crippen LogP contribution in [0.4, 0.5) is 0 Å². The molecule has 1 aliphatic heterocycles. The van der Waals surface area contributed by atoms with Crippen LogP contribution in [-0.2, 0) is 0 Å². The molecule has 0 aliphatic carbocycles. The summed E-state index contributed by atoms with van der Waals surface area (Å²) in [5.41, 5.74) is 0.592. The molecule has 0 saturated carbocycles. The zero-order valence-electron chi connectivity index (χ0n) is 7.10. The fraction of sp³-hybridized carbons (Fsp3) is 0.300. The van der Waals surface area contributed by atoms with E-state index in [0.717, 1.165) is 13.1 Å². The summed E-state index contributed by atoms with van der Waals surface area (Å²) >= 11 is 0. The quantitative estimate of drug-likeness (QED) is 0.667. The maximum Gasteiger partial charge on any atom is 0.137 e. The summed E-state index contributed by atoms with van der Waals surface area (Å²) in [5, 5.41) is 12.8. The van der Waals surface area contributed by atoms with Crippen LogP contribution >= 0.6 is 0 Å². The van der Waals surface area contributed by atoms with E-state index in [0.29, 0.717) is 11.3 Å². The standard InChI is InChI=1S/C10H9N2O/c11-5-8-3-1-2-4-10(8)13-9-6-12-7-9/h1-4,9H,6-7H2. The minimum absolute atomic E-state index is 0.175. The van der Waals surface area contributed by atoms with Crippen molar-refractivity contribution in [3.63, 3.8) is 0 Å². The number of benzene rings is 1. The van der Waals surface area contributed by atoms with Gasteiger partial charge in [-0.3, -0.25) is 0 Å². The predicted molar refractivity (Wildman–Crippen MR) is 47.4 cm³/mol. The maximum absolute atomic E-state index is 8.77. The first kappa shape index (κ1) is 8.09. The van der Waals surface area contributed by atoms with Gasteiger partial charge in [-0.05, 0) is 12.1 Å². The Labute approximate surface area is 76.9 Å². The van der Waals surface area contributed by atoms with Gasteiger partial charge in [-0.15, -0.1) is 0 Å². The van der Waals surface area contributed by atoms with E-state index >= 15 is 0 Å². The van der Waals surface area contributed by atoms with Gasteiger partial charge in [0, 0.05) is 0 Å². The van der Waals surface area contributed by atoms with E-state index < -0.39 is 0 Å². The van der Waals surface area contributed by atoms with Crippen molar-refractivity contribution in [1.82, 2.24) is 5.32 Å². The Hall–Kier alpha value is -1.53. The molecule has 0 aromatic heterocycles. The first-order valence-electron chi connectivity index (χ1n) is 4.19. The monoisotopic (exact) mass is 173 g/mol. The molecule has 1 heterocycles. The molecular weight excluding hydrogens is 164 g/mol. The van der Waals surface area contributed by atoms with Crippen molar-refractivity contribution in [2.24, 2.45) is 0 Å². The SMILES string of the molecule is N#Cc1ccccc1OC1C[N]C1. The molecule has 13 heavy (non-hydrogen) atoms. The lowest BCUT2D eigenvalue weighted by Crippen LogP contribution is -2.45. The van der Waals surface area contributed by atoms with Crippen molar-refractivity contribution in [2.75, 3.05) is 13.1 Å². The Morgan fingerprint density at radius 3 is 2.77 bits per heavy atom. The van der Waals surface area contributed by atoms with Crippen molar-refractivity contribution < 1.29 is 4.74 Å². The van der Waals surface area contributed by atoms with E-state index in [4.69, 9.17) is 10.00 Å². The van der Waals surface area contributed by atoms with Crippen molar-refractivity contribution in [1.29, 1.82) is 5.26 Å². The fourth-order valence-corrected chi connectivity index (χ4v) is 1.15. The fourth-order valence-electron chi connectivity index (χ4n) is 1.15. The molecule has 1 saturated heterocycles. The van der Waals surface area contributed by atoms with E-state index in [1.54, 1.807) is 6.07 Å². The highest BCUT2D eigenvalue weighted by Gasteiger charge is 2.20. The van der Waals surface area contributed by atoms with Gasteiger partial charge in [0.25, 0.3) is 0 Å². The molecule has 1 aromatic rings. The Kier molecular flexibility index (Phi) is 2.15. The summed E-state index contributed by atoms with van der Waals surface area (Å²) in [4.78, 5) is 0. The van der Waals surface area contributed by atoms with Gasteiger partial charge in [-0.2, -0.15) is 5.26 Å². The number of nitriles is 1. The third-order valence-electron chi connectivity index (χ3n) is 1.97. The van der Waals surface area contributed by atoms with Crippen LogP contribution in [0.3, 0.4) is 0 Å². The molecule has 0 amide bonds. The van der Waals surface area contributed by atoms with Crippen LogP contribution in [0.15, 0.2) is 24.3 Å². The van der Waals surface area contributed by atoms with E-state index in [2.05, 4.69) is 11.4 Å². The zero-order valence-corrected chi connectivity index (χ0v) is 7.10. The van der Waals surface area contributed by atoms with Gasteiger partial charge < -0.3 is 4.74 Å². The van der Waals surface area contributed by atoms with Crippen LogP contribution in [0, 0.1) is 11.3 Å². The molecule has 1 aliphatic rings. The number of nitrogens with zero attached hydrogens (tertiary/aromatic N) is 2. The van der Waals surface area contributed by atoms with Gasteiger partial charge in [-0.25, -0.2) is 5.32 Å². The number of rotatable bonds is 2. The minimum Gasteiger partial charge on any atom is -0.486 e. The molecular formula is C10H9N2O. The van der Waals surface area contributed by atoms with Gasteiger partial charge in [0.05, 0.1) is 18.7 Å². The van der Waals surface area contributed by atoms with Crippen LogP contribution in [0.5, 0.6) is 5.75 Å². The van der Waals surface area contributed by atoms with Crippen LogP contribution in [-0.4, -0.2) is 19.2 Å². The number of para-hydroxylation sites is 1. The topological polar surface area (TPSA) is 47.1 Å². The highest BCUT2D eigenvalue weighted by molar-refractivity contribution is 5.42. The lowest BCUT2D eigenvalue weighted by atomic mass is 10.2. The van der Waals surface area contributed by atoms with Crippen LogP contribution < -0.4 is 10.1 Å². The largest absolute Gasteiger partial charge is 0.486 e. The first-order valence-corrected chi connectivity index (χ1v) is 4.19. The Morgan fingerprint density at radius 1 is 1.38 bits per heavy atom. The minimum atomic E-state index is 0.175. The smallest absolute Gasteiger partial charge is 0.137 e. The van der Waals surface area contributed by atoms with Gasteiger partial charge in [-0.1, -0.05) is 12.1 Å². The van der Waals surface area contributed by atoms with Crippen LogP contribution in [0.1, 0.15) is 5.56 Å². The normalized spacial score (nSPS) is 15.9. The Bertz CT molecular complexity index is 339. The van der Waals surface area contributed by atoms with E-state index in [-0.39, 0.29) is 6.10 Å². The number of hydrogen-bond acceptors (Lipinski definition) is 2. The highest BCUT2D eigenvalue weighted by Crippen LogP contribution is 2.19. The van der Waals surface area contributed by atoms with Crippen molar-refractivity contribution in [2.45, 2.75) is 6.10 Å². The second kappa shape index (κ2) is 3.46. The van der Waals surface area contributed by atoms with Crippen LogP contribution in [0.25, 0.3) is 0 Å². The summed E-state index contributed by atoms with van der Waals surface area (Å²) in [6.45, 7) is 1.50. The molecule has 0 unspecified atom stereocenters. The molecule has 65 valence electrons. The molecule has 0 N–H and O–H groups in total. The third kappa shape index (κ3) is 1.63. The molecule has 1 fully saturated rings. The summed E-state index contributed by atoms with van der Waals surface area (Å²) < 4.78 is 5.56. The first-order chi connectivity index (χ1) is 6.40. The molecule has 3 heteroatoms. The van der Waals surface area contributed by atoms with Gasteiger partial charge >= 0.3 is 0 Å². The van der Waals surface area contributed by atoms with Crippen LogP contribution in [0.2, 0.25) is 0 Å². The summed E-state index contributed by atoms with van der Waals surface area (Å²) in [5.74, 6) is 0.671. The van der Waals surface area contributed by atoms with Crippen molar-refractivity contribution >= 4 is 0 Å². The van der Waals surface area contributed by atoms with Crippen molar-refractivity contribution in [3.05, 3.63) is 29.8 Å². The van der Waals surface area contributed by atoms with Gasteiger partial charge in [0.1, 0.15) is 17.9 Å². The Morgan fingerprint density at radius 2 is 2.15 bits per heavy atom. The summed E-state index contributed by atoms with van der Waals surface area (Å²) in [6, 6.07) is 9.36. The average Bonchev–Trinajstić information content (AvgIpc) is 2.12. The molecule has 3 nitrogen and oxygen atoms in total. The third-order valence-corrected chi connectivity index (χ3v) is 1.97. The highest BCUT2D eigenvalue weighted by atomic mass is 16.5. The zero-order chi connectivity index (χ0) is 9.10. The molecule has 0 spiro atoms. The molecule has 0 bridgehead atoms. The lowest BCUT2D eigenvalue weighted by molar-refractivity contribution is 0.138. The summed E-state index contributed by atoms with van der Waals surface area (Å²) in [6.07, 6.45) is 0.175. The van der Waals surface area contributed by atoms with E-state index in [1.807, 2.05) is 18.2 Å². The van der Waals surface area contributed by atoms with E-state index in [1.165, 1.54) is 0 Å². The van der Waals surface area contributed by atoms with Gasteiger partial charge in [0.15, 0.2) is 0 Å². The second-order valence-electron chi connectivity index (χ2n) is 2.94. The number of hydrogen-bond donors (Lipinski definition) is 0. The lowest BCUT2D eigenvalue weighted by Gasteiger charge is -2.26. The maximum atomic E-state index is 8.77. The molecule has 0 atom stereocenters.